The third-order valence-corrected chi connectivity index (χ3v) is 2.85. The fourth-order valence-corrected chi connectivity index (χ4v) is 1.95. The van der Waals surface area contributed by atoms with E-state index in [9.17, 15) is 9.59 Å². The van der Waals surface area contributed by atoms with Crippen LogP contribution in [0.25, 0.3) is 5.69 Å². The number of halogens is 1. The zero-order valence-electron chi connectivity index (χ0n) is 10.5. The number of esters is 1. The fraction of sp³-hybridized carbons (Fsp3) is 0.154. The third kappa shape index (κ3) is 2.65. The van der Waals surface area contributed by atoms with Gasteiger partial charge in [0.2, 0.25) is 0 Å². The lowest BCUT2D eigenvalue weighted by Crippen LogP contribution is -2.07. The molecular formula is C13H11ClN2O4. The molecule has 0 aliphatic carbocycles. The molecule has 1 heterocycles. The third-order valence-electron chi connectivity index (χ3n) is 2.54. The molecule has 2 aromatic rings. The van der Waals surface area contributed by atoms with Crippen LogP contribution in [0.1, 0.15) is 27.6 Å². The number of aromatic carboxylic acids is 1. The molecular weight excluding hydrogens is 284 g/mol. The van der Waals surface area contributed by atoms with Gasteiger partial charge >= 0.3 is 11.9 Å². The Morgan fingerprint density at radius 1 is 1.45 bits per heavy atom. The maximum atomic E-state index is 11.6. The van der Waals surface area contributed by atoms with Gasteiger partial charge in [-0.15, -0.1) is 0 Å². The van der Waals surface area contributed by atoms with Crippen molar-refractivity contribution in [3.8, 4) is 5.69 Å². The van der Waals surface area contributed by atoms with Gasteiger partial charge in [0.05, 0.1) is 34.6 Å². The summed E-state index contributed by atoms with van der Waals surface area (Å²) in [7, 11) is 0. The van der Waals surface area contributed by atoms with E-state index in [4.69, 9.17) is 21.4 Å². The van der Waals surface area contributed by atoms with Crippen LogP contribution in [0.2, 0.25) is 5.02 Å². The molecule has 0 bridgehead atoms. The van der Waals surface area contributed by atoms with Gasteiger partial charge in [0.15, 0.2) is 0 Å². The summed E-state index contributed by atoms with van der Waals surface area (Å²) in [5.41, 5.74) is 0.427. The first-order valence-electron chi connectivity index (χ1n) is 5.78. The highest BCUT2D eigenvalue weighted by Crippen LogP contribution is 2.24. The van der Waals surface area contributed by atoms with Crippen LogP contribution in [-0.2, 0) is 4.74 Å². The Kier molecular flexibility index (Phi) is 4.05. The number of carbonyl (C=O) groups is 2. The highest BCUT2D eigenvalue weighted by molar-refractivity contribution is 6.33. The van der Waals surface area contributed by atoms with Gasteiger partial charge in [0, 0.05) is 6.20 Å². The van der Waals surface area contributed by atoms with E-state index in [0.29, 0.717) is 0 Å². The molecule has 0 saturated heterocycles. The first-order valence-corrected chi connectivity index (χ1v) is 6.16. The smallest absolute Gasteiger partial charge is 0.341 e. The van der Waals surface area contributed by atoms with Crippen LogP contribution in [-0.4, -0.2) is 33.4 Å². The van der Waals surface area contributed by atoms with E-state index in [1.165, 1.54) is 29.2 Å². The number of aromatic nitrogens is 2. The molecule has 0 fully saturated rings. The highest BCUT2D eigenvalue weighted by Gasteiger charge is 2.17. The molecule has 0 radical (unpaired) electrons. The predicted molar refractivity (Wildman–Crippen MR) is 71.5 cm³/mol. The maximum absolute atomic E-state index is 11.6. The van der Waals surface area contributed by atoms with Crippen LogP contribution in [0.5, 0.6) is 0 Å². The number of hydrogen-bond donors (Lipinski definition) is 1. The van der Waals surface area contributed by atoms with E-state index in [1.54, 1.807) is 13.0 Å². The van der Waals surface area contributed by atoms with Crippen molar-refractivity contribution in [2.75, 3.05) is 6.61 Å². The van der Waals surface area contributed by atoms with Crippen molar-refractivity contribution in [2.24, 2.45) is 0 Å². The number of rotatable bonds is 4. The van der Waals surface area contributed by atoms with E-state index in [0.717, 1.165) is 0 Å². The van der Waals surface area contributed by atoms with Crippen LogP contribution in [0.3, 0.4) is 0 Å². The van der Waals surface area contributed by atoms with Gasteiger partial charge < -0.3 is 9.84 Å². The van der Waals surface area contributed by atoms with Crippen molar-refractivity contribution in [1.82, 2.24) is 9.78 Å². The number of carboxylic acids is 1. The summed E-state index contributed by atoms with van der Waals surface area (Å²) in [5.74, 6) is -1.65. The Morgan fingerprint density at radius 3 is 2.85 bits per heavy atom. The van der Waals surface area contributed by atoms with E-state index in [-0.39, 0.29) is 28.4 Å². The molecule has 2 rings (SSSR count). The Bertz CT molecular complexity index is 666. The summed E-state index contributed by atoms with van der Waals surface area (Å²) in [4.78, 5) is 22.8. The van der Waals surface area contributed by atoms with Crippen molar-refractivity contribution in [1.29, 1.82) is 0 Å². The largest absolute Gasteiger partial charge is 0.478 e. The number of para-hydroxylation sites is 1. The van der Waals surface area contributed by atoms with Gasteiger partial charge in [-0.25, -0.2) is 14.3 Å². The molecule has 0 spiro atoms. The normalized spacial score (nSPS) is 10.3. The lowest BCUT2D eigenvalue weighted by atomic mass is 10.2. The summed E-state index contributed by atoms with van der Waals surface area (Å²) in [6.07, 6.45) is 2.68. The molecule has 1 N–H and O–H groups in total. The first kappa shape index (κ1) is 14.1. The molecule has 0 aliphatic rings. The van der Waals surface area contributed by atoms with Gasteiger partial charge in [0.1, 0.15) is 0 Å². The minimum atomic E-state index is -1.13. The van der Waals surface area contributed by atoms with E-state index in [2.05, 4.69) is 5.10 Å². The Labute approximate surface area is 119 Å². The molecule has 0 aliphatic heterocycles. The standard InChI is InChI=1S/C13H11ClN2O4/c1-2-20-13(19)8-6-15-16(7-8)11-9(12(17)18)4-3-5-10(11)14/h3-7H,2H2,1H3,(H,17,18). The number of ether oxygens (including phenoxy) is 1. The molecule has 7 heteroatoms. The quantitative estimate of drug-likeness (QED) is 0.876. The Morgan fingerprint density at radius 2 is 2.20 bits per heavy atom. The molecule has 20 heavy (non-hydrogen) atoms. The molecule has 0 saturated carbocycles. The zero-order valence-corrected chi connectivity index (χ0v) is 11.3. The average Bonchev–Trinajstić information content (AvgIpc) is 2.88. The molecule has 104 valence electrons. The monoisotopic (exact) mass is 294 g/mol. The van der Waals surface area contributed by atoms with Gasteiger partial charge in [0.25, 0.3) is 0 Å². The first-order chi connectivity index (χ1) is 9.54. The number of nitrogens with zero attached hydrogens (tertiary/aromatic N) is 2. The second kappa shape index (κ2) is 5.75. The Hall–Kier alpha value is -2.34. The van der Waals surface area contributed by atoms with E-state index >= 15 is 0 Å². The van der Waals surface area contributed by atoms with Crippen LogP contribution in [0.4, 0.5) is 0 Å². The topological polar surface area (TPSA) is 81.4 Å². The summed E-state index contributed by atoms with van der Waals surface area (Å²) in [5, 5.41) is 13.3. The van der Waals surface area contributed by atoms with E-state index < -0.39 is 11.9 Å². The van der Waals surface area contributed by atoms with Crippen molar-refractivity contribution in [3.63, 3.8) is 0 Å². The van der Waals surface area contributed by atoms with Crippen molar-refractivity contribution < 1.29 is 19.4 Å². The molecule has 6 nitrogen and oxygen atoms in total. The lowest BCUT2D eigenvalue weighted by Gasteiger charge is -2.07. The number of carboxylic acid groups (broad SMARTS) is 1. The second-order valence-electron chi connectivity index (χ2n) is 3.84. The van der Waals surface area contributed by atoms with Crippen molar-refractivity contribution >= 4 is 23.5 Å². The molecule has 0 amide bonds. The summed E-state index contributed by atoms with van der Waals surface area (Å²) < 4.78 is 6.09. The molecule has 1 aromatic heterocycles. The van der Waals surface area contributed by atoms with Gasteiger partial charge in [-0.05, 0) is 19.1 Å². The highest BCUT2D eigenvalue weighted by atomic mass is 35.5. The lowest BCUT2D eigenvalue weighted by molar-refractivity contribution is 0.0526. The van der Waals surface area contributed by atoms with E-state index in [1.807, 2.05) is 0 Å². The van der Waals surface area contributed by atoms with Gasteiger partial charge in [-0.1, -0.05) is 17.7 Å². The maximum Gasteiger partial charge on any atom is 0.341 e. The molecule has 0 atom stereocenters. The molecule has 0 unspecified atom stereocenters. The van der Waals surface area contributed by atoms with Crippen molar-refractivity contribution in [3.05, 3.63) is 46.7 Å². The van der Waals surface area contributed by atoms with Crippen LogP contribution < -0.4 is 0 Å². The molecule has 1 aromatic carbocycles. The SMILES string of the molecule is CCOC(=O)c1cnn(-c2c(Cl)cccc2C(=O)O)c1. The summed E-state index contributed by atoms with van der Waals surface area (Å²) >= 11 is 6.02. The second-order valence-corrected chi connectivity index (χ2v) is 4.24. The van der Waals surface area contributed by atoms with Crippen LogP contribution in [0.15, 0.2) is 30.6 Å². The minimum Gasteiger partial charge on any atom is -0.478 e. The summed E-state index contributed by atoms with van der Waals surface area (Å²) in [6, 6.07) is 4.50. The van der Waals surface area contributed by atoms with Gasteiger partial charge in [-0.2, -0.15) is 5.10 Å². The Balaban J connectivity index is 2.47. The number of hydrogen-bond acceptors (Lipinski definition) is 4. The van der Waals surface area contributed by atoms with Crippen LogP contribution in [0, 0.1) is 0 Å². The van der Waals surface area contributed by atoms with Gasteiger partial charge in [-0.3, -0.25) is 0 Å². The number of benzene rings is 1. The van der Waals surface area contributed by atoms with Crippen molar-refractivity contribution in [2.45, 2.75) is 6.92 Å². The fourth-order valence-electron chi connectivity index (χ4n) is 1.69. The zero-order chi connectivity index (χ0) is 14.7. The predicted octanol–water partition coefficient (Wildman–Crippen LogP) is 2.40. The van der Waals surface area contributed by atoms with Crippen LogP contribution >= 0.6 is 11.6 Å². The minimum absolute atomic E-state index is 0.00370. The average molecular weight is 295 g/mol. The number of carbonyl (C=O) groups excluding carboxylic acids is 1. The summed E-state index contributed by atoms with van der Waals surface area (Å²) in [6.45, 7) is 1.94.